The van der Waals surface area contributed by atoms with E-state index in [2.05, 4.69) is 28.8 Å². The number of hydrogen-bond acceptors (Lipinski definition) is 14. The van der Waals surface area contributed by atoms with Crippen molar-refractivity contribution in [2.75, 3.05) is 71.3 Å². The van der Waals surface area contributed by atoms with Crippen molar-refractivity contribution in [1.29, 1.82) is 0 Å². The largest absolute Gasteiger partial charge is 1.00 e. The number of nitrogens with two attached hydrogens (primary N) is 1. The zero-order valence-electron chi connectivity index (χ0n) is 42.9. The number of nitrogens with zero attached hydrogens (tertiary/aromatic N) is 4. The Morgan fingerprint density at radius 1 is 0.493 bits per heavy atom. The van der Waals surface area contributed by atoms with Crippen molar-refractivity contribution >= 4 is 32.2 Å². The summed E-state index contributed by atoms with van der Waals surface area (Å²) in [6.45, 7) is 6.29. The van der Waals surface area contributed by atoms with Crippen LogP contribution in [-0.2, 0) is 37.1 Å². The van der Waals surface area contributed by atoms with Crippen LogP contribution < -0.4 is 74.6 Å². The topological polar surface area (TPSA) is 205 Å². The summed E-state index contributed by atoms with van der Waals surface area (Å²) in [6.07, 6.45) is 38.7. The molecule has 0 aliphatic carbocycles. The molecule has 2 aromatic rings. The number of imidazole rings is 1. The van der Waals surface area contributed by atoms with E-state index >= 15 is 0 Å². The Morgan fingerprint density at radius 2 is 0.836 bits per heavy atom. The van der Waals surface area contributed by atoms with Crippen LogP contribution in [-0.4, -0.2) is 85.1 Å². The van der Waals surface area contributed by atoms with E-state index in [0.29, 0.717) is 50.4 Å². The standard InChI is InChI=1S/C48H93N5O10P2.2Na/c1-3-5-7-9-11-13-15-17-19-21-23-25-27-29-33-58-35-31-37-62-64(54,55)43-60-39-45(53-42-52-46-47(49)50-41-51-48(46)53)40-61-44-65(56,57)63-38-32-36-59-34-30-28-26-24-22-20-18-16-14-12-10-8-6-4-2;;/h41-42,45H,3-40,43-44H2,1-2H3,(H,54,55)(H,56,57)(H2,49,50,51);;/q;2*+1/p-2. The first-order valence-corrected chi connectivity index (χ1v) is 29.3. The van der Waals surface area contributed by atoms with Gasteiger partial charge in [-0.15, -0.1) is 0 Å². The molecule has 2 aromatic heterocycles. The molecule has 0 aliphatic rings. The summed E-state index contributed by atoms with van der Waals surface area (Å²) in [7, 11) is -8.66. The van der Waals surface area contributed by atoms with Crippen LogP contribution in [0.15, 0.2) is 12.7 Å². The maximum Gasteiger partial charge on any atom is 1.00 e. The van der Waals surface area contributed by atoms with Gasteiger partial charge in [-0.05, 0) is 25.7 Å². The third-order valence-corrected chi connectivity index (χ3v) is 13.8. The van der Waals surface area contributed by atoms with Crippen molar-refractivity contribution in [2.24, 2.45) is 0 Å². The average Bonchev–Trinajstić information content (AvgIpc) is 3.73. The second-order valence-electron chi connectivity index (χ2n) is 17.7. The van der Waals surface area contributed by atoms with Crippen LogP contribution in [0.2, 0.25) is 0 Å². The van der Waals surface area contributed by atoms with Gasteiger partial charge in [0.05, 0.1) is 38.8 Å². The van der Waals surface area contributed by atoms with Crippen LogP contribution in [0.5, 0.6) is 0 Å². The molecule has 0 fully saturated rings. The van der Waals surface area contributed by atoms with Crippen LogP contribution in [0.3, 0.4) is 0 Å². The molecule has 19 heteroatoms. The maximum atomic E-state index is 12.6. The number of unbranched alkanes of at least 4 members (excludes halogenated alkanes) is 26. The number of nitrogen functional groups attached to an aromatic ring is 1. The van der Waals surface area contributed by atoms with E-state index in [0.717, 1.165) is 25.7 Å². The molecule has 67 heavy (non-hydrogen) atoms. The Kier molecular flexibility index (Phi) is 46.6. The third-order valence-electron chi connectivity index (χ3n) is 11.6. The molecular weight excluding hydrogens is 914 g/mol. The van der Waals surface area contributed by atoms with E-state index in [1.54, 1.807) is 4.57 Å². The van der Waals surface area contributed by atoms with Gasteiger partial charge in [-0.3, -0.25) is 0 Å². The average molecular weight is 1010 g/mol. The van der Waals surface area contributed by atoms with Crippen molar-refractivity contribution < 1.29 is 106 Å². The smallest absolute Gasteiger partial charge is 0.777 e. The second kappa shape index (κ2) is 46.3. The first-order chi connectivity index (χ1) is 31.7. The summed E-state index contributed by atoms with van der Waals surface area (Å²) in [5, 5.41) is 0. The Morgan fingerprint density at radius 3 is 1.21 bits per heavy atom. The number of aromatic nitrogens is 4. The van der Waals surface area contributed by atoms with E-state index in [1.165, 1.54) is 167 Å². The fraction of sp³-hybridized carbons (Fsp3) is 0.896. The Hall–Kier alpha value is 0.490. The summed E-state index contributed by atoms with van der Waals surface area (Å²) >= 11 is 0. The predicted octanol–water partition coefficient (Wildman–Crippen LogP) is 5.82. The van der Waals surface area contributed by atoms with Gasteiger partial charge in [-0.1, -0.05) is 181 Å². The number of hydrogen-bond donors (Lipinski definition) is 1. The van der Waals surface area contributed by atoms with Gasteiger partial charge in [0.15, 0.2) is 26.7 Å². The monoisotopic (exact) mass is 1010 g/mol. The quantitative estimate of drug-likeness (QED) is 0.0471. The normalized spacial score (nSPS) is 13.9. The number of fused-ring (bicyclic) bond motifs is 1. The van der Waals surface area contributed by atoms with E-state index < -0.39 is 33.9 Å². The molecule has 2 rings (SSSR count). The van der Waals surface area contributed by atoms with Crippen molar-refractivity contribution in [3.05, 3.63) is 12.7 Å². The van der Waals surface area contributed by atoms with E-state index in [9.17, 15) is 18.9 Å². The molecule has 0 saturated carbocycles. The van der Waals surface area contributed by atoms with Gasteiger partial charge in [-0.25, -0.2) is 15.0 Å². The van der Waals surface area contributed by atoms with Crippen molar-refractivity contribution in [3.8, 4) is 0 Å². The van der Waals surface area contributed by atoms with Crippen molar-refractivity contribution in [3.63, 3.8) is 0 Å². The molecule has 0 spiro atoms. The van der Waals surface area contributed by atoms with Crippen LogP contribution >= 0.6 is 15.2 Å². The third kappa shape index (κ3) is 37.8. The van der Waals surface area contributed by atoms with Gasteiger partial charge in [0.2, 0.25) is 0 Å². The SMILES string of the molecule is CCCCCCCCCCCCCCCCOCCCOP(=O)([O-])COCC(COCP(=O)([O-])OCCCOCCCCCCCCCCCCCCCC)n1cnc2c(N)ncnc21.[Na+].[Na+]. The number of anilines is 1. The van der Waals surface area contributed by atoms with E-state index in [4.69, 9.17) is 33.7 Å². The zero-order chi connectivity index (χ0) is 46.9. The van der Waals surface area contributed by atoms with E-state index in [1.807, 2.05) is 0 Å². The first kappa shape index (κ1) is 67.5. The Bertz CT molecular complexity index is 1440. The fourth-order valence-electron chi connectivity index (χ4n) is 7.75. The van der Waals surface area contributed by atoms with Gasteiger partial charge >= 0.3 is 59.1 Å². The number of ether oxygens (including phenoxy) is 4. The van der Waals surface area contributed by atoms with Gasteiger partial charge < -0.3 is 57.2 Å². The molecular formula is C48H91N5Na2O10P2. The van der Waals surface area contributed by atoms with Crippen LogP contribution in [0.1, 0.15) is 213 Å². The summed E-state index contributed by atoms with van der Waals surface area (Å²) in [4.78, 5) is 37.8. The Balaban J connectivity index is 0.0000218. The molecule has 2 unspecified atom stereocenters. The van der Waals surface area contributed by atoms with Crippen molar-refractivity contribution in [2.45, 2.75) is 213 Å². The molecule has 0 bridgehead atoms. The van der Waals surface area contributed by atoms with Crippen LogP contribution in [0, 0.1) is 0 Å². The van der Waals surface area contributed by atoms with Crippen molar-refractivity contribution in [1.82, 2.24) is 19.5 Å². The summed E-state index contributed by atoms with van der Waals surface area (Å²) in [6, 6.07) is -0.707. The molecule has 0 amide bonds. The van der Waals surface area contributed by atoms with Gasteiger partial charge in [-0.2, -0.15) is 0 Å². The zero-order valence-corrected chi connectivity index (χ0v) is 48.6. The first-order valence-electron chi connectivity index (χ1n) is 25.8. The summed E-state index contributed by atoms with van der Waals surface area (Å²) < 4.78 is 59.7. The molecule has 2 N–H and O–H groups in total. The second-order valence-corrected chi connectivity index (χ2v) is 21.2. The molecule has 2 atom stereocenters. The molecule has 380 valence electrons. The van der Waals surface area contributed by atoms with Gasteiger partial charge in [0, 0.05) is 26.4 Å². The van der Waals surface area contributed by atoms with Gasteiger partial charge in [0.1, 0.15) is 24.5 Å². The molecule has 0 saturated heterocycles. The fourth-order valence-corrected chi connectivity index (χ4v) is 9.37. The number of rotatable bonds is 49. The minimum atomic E-state index is -4.33. The predicted molar refractivity (Wildman–Crippen MR) is 259 cm³/mol. The minimum absolute atomic E-state index is 0. The molecule has 0 aliphatic heterocycles. The Labute approximate surface area is 450 Å². The van der Waals surface area contributed by atoms with Crippen LogP contribution in [0.4, 0.5) is 5.82 Å². The molecule has 0 radical (unpaired) electrons. The maximum absolute atomic E-state index is 12.6. The summed E-state index contributed by atoms with van der Waals surface area (Å²) in [5.74, 6) is 0.163. The van der Waals surface area contributed by atoms with Crippen LogP contribution in [0.25, 0.3) is 11.2 Å². The molecule has 0 aromatic carbocycles. The minimum Gasteiger partial charge on any atom is -0.777 e. The molecule has 2 heterocycles. The van der Waals surface area contributed by atoms with Gasteiger partial charge in [0.25, 0.3) is 0 Å². The van der Waals surface area contributed by atoms with E-state index in [-0.39, 0.29) is 91.4 Å². The summed E-state index contributed by atoms with van der Waals surface area (Å²) in [5.41, 5.74) is 6.67. The molecule has 15 nitrogen and oxygen atoms in total.